The van der Waals surface area contributed by atoms with Gasteiger partial charge in [-0.1, -0.05) is 97.1 Å². The second-order valence-electron chi connectivity index (χ2n) is 14.1. The molecule has 4 aromatic carbocycles. The molecule has 6 rings (SSSR count). The molecule has 2 heterocycles. The molecule has 2 aliphatic rings. The van der Waals surface area contributed by atoms with E-state index in [9.17, 15) is 33.0 Å². The second kappa shape index (κ2) is 17.3. The number of alkyl halides is 3. The Hall–Kier alpha value is -4.59. The number of amides is 2. The Kier molecular flexibility index (Phi) is 12.5. The van der Waals surface area contributed by atoms with Gasteiger partial charge in [0.2, 0.25) is 5.91 Å². The van der Waals surface area contributed by atoms with E-state index in [2.05, 4.69) is 10.2 Å². The number of aliphatic hydroxyl groups is 2. The number of carbonyl (C=O) groups excluding carboxylic acids is 2. The van der Waals surface area contributed by atoms with Crippen LogP contribution in [0, 0.1) is 0 Å². The summed E-state index contributed by atoms with van der Waals surface area (Å²) in [6.07, 6.45) is -5.79. The van der Waals surface area contributed by atoms with Gasteiger partial charge >= 0.3 is 12.1 Å². The average molecular weight is 746 g/mol. The number of rotatable bonds is 12. The summed E-state index contributed by atoms with van der Waals surface area (Å²) in [6.45, 7) is 2.48. The van der Waals surface area contributed by atoms with Crippen molar-refractivity contribution in [3.8, 4) is 11.1 Å². The molecule has 2 saturated heterocycles. The third kappa shape index (κ3) is 9.37. The van der Waals surface area contributed by atoms with Crippen LogP contribution in [0.2, 0.25) is 0 Å². The molecule has 4 aromatic rings. The molecule has 2 aliphatic heterocycles. The number of nitrogens with zero attached hydrogens (tertiary/aromatic N) is 2. The lowest BCUT2D eigenvalue weighted by atomic mass is 9.98. The number of hydrogen-bond donors (Lipinski definition) is 3. The van der Waals surface area contributed by atoms with Crippen LogP contribution >= 0.6 is 0 Å². The second-order valence-corrected chi connectivity index (χ2v) is 14.1. The van der Waals surface area contributed by atoms with E-state index >= 15 is 0 Å². The van der Waals surface area contributed by atoms with E-state index in [1.807, 2.05) is 117 Å². The van der Waals surface area contributed by atoms with Crippen molar-refractivity contribution < 1.29 is 42.4 Å². The lowest BCUT2D eigenvalue weighted by Crippen LogP contribution is -2.50. The van der Waals surface area contributed by atoms with Gasteiger partial charge in [0.25, 0.3) is 0 Å². The van der Waals surface area contributed by atoms with Crippen LogP contribution in [0.3, 0.4) is 0 Å². The largest absolute Gasteiger partial charge is 0.471 e. The summed E-state index contributed by atoms with van der Waals surface area (Å²) in [7, 11) is 1.97. The van der Waals surface area contributed by atoms with Gasteiger partial charge in [0, 0.05) is 37.7 Å². The van der Waals surface area contributed by atoms with Crippen LogP contribution in [-0.2, 0) is 32.2 Å². The van der Waals surface area contributed by atoms with E-state index in [1.165, 1.54) is 0 Å². The molecule has 0 radical (unpaired) electrons. The fourth-order valence-corrected chi connectivity index (χ4v) is 7.14. The first-order valence-corrected chi connectivity index (χ1v) is 18.2. The molecule has 2 amide bonds. The van der Waals surface area contributed by atoms with Crippen molar-refractivity contribution in [1.29, 1.82) is 0 Å². The third-order valence-corrected chi connectivity index (χ3v) is 10.4. The zero-order valence-corrected chi connectivity index (χ0v) is 30.3. The summed E-state index contributed by atoms with van der Waals surface area (Å²) in [5.74, 6) is -2.60. The van der Waals surface area contributed by atoms with E-state index in [0.717, 1.165) is 38.9 Å². The van der Waals surface area contributed by atoms with Crippen LogP contribution in [0.1, 0.15) is 72.5 Å². The Bertz CT molecular complexity index is 1860. The summed E-state index contributed by atoms with van der Waals surface area (Å²) in [5, 5.41) is 23.4. The summed E-state index contributed by atoms with van der Waals surface area (Å²) in [5.41, 5.74) is 5.97. The van der Waals surface area contributed by atoms with Crippen LogP contribution < -0.4 is 5.32 Å². The topological polar surface area (TPSA) is 112 Å². The van der Waals surface area contributed by atoms with E-state index in [1.54, 1.807) is 0 Å². The summed E-state index contributed by atoms with van der Waals surface area (Å²) >= 11 is 0. The van der Waals surface area contributed by atoms with Crippen molar-refractivity contribution in [2.75, 3.05) is 20.1 Å². The molecule has 2 fully saturated rings. The first-order valence-electron chi connectivity index (χ1n) is 18.2. The summed E-state index contributed by atoms with van der Waals surface area (Å²) in [6, 6.07) is 31.2. The van der Waals surface area contributed by atoms with E-state index < -0.39 is 36.4 Å². The molecule has 0 spiro atoms. The Balaban J connectivity index is 1.13. The predicted molar refractivity (Wildman–Crippen MR) is 196 cm³/mol. The van der Waals surface area contributed by atoms with Gasteiger partial charge in [0.15, 0.2) is 6.29 Å². The number of likely N-dealkylation sites (N-methyl/N-ethyl adjacent to an activating group) is 1. The number of halogens is 3. The molecule has 9 nitrogen and oxygen atoms in total. The molecule has 0 aromatic heterocycles. The molecule has 0 saturated carbocycles. The van der Waals surface area contributed by atoms with Crippen LogP contribution in [0.5, 0.6) is 0 Å². The molecule has 12 heteroatoms. The Labute approximate surface area is 313 Å². The first-order chi connectivity index (χ1) is 25.9. The Morgan fingerprint density at radius 3 is 2.30 bits per heavy atom. The maximum Gasteiger partial charge on any atom is 0.471 e. The van der Waals surface area contributed by atoms with Gasteiger partial charge in [0.1, 0.15) is 6.04 Å². The SMILES string of the molecule is C[C@@H]([C@H](O)c1ccccc1)N(C)C[C@@H]1C[C@H](c2ccc(CO)cc2)O[C@H](c2ccc(-c3cccc(CNC(=O)[C@@H]4CCCN4C(=O)C(F)(F)F)c3)cc2)O1. The molecular formula is C42H46F3N3O6. The summed E-state index contributed by atoms with van der Waals surface area (Å²) in [4.78, 5) is 27.4. The number of ether oxygens (including phenoxy) is 2. The van der Waals surface area contributed by atoms with Gasteiger partial charge < -0.3 is 29.9 Å². The molecule has 0 aliphatic carbocycles. The van der Waals surface area contributed by atoms with Crippen molar-refractivity contribution >= 4 is 11.8 Å². The lowest BCUT2D eigenvalue weighted by Gasteiger charge is -2.39. The summed E-state index contributed by atoms with van der Waals surface area (Å²) < 4.78 is 52.2. The fourth-order valence-electron chi connectivity index (χ4n) is 7.14. The number of aliphatic hydroxyl groups excluding tert-OH is 2. The van der Waals surface area contributed by atoms with Crippen LogP contribution in [0.25, 0.3) is 11.1 Å². The zero-order chi connectivity index (χ0) is 38.4. The molecule has 0 unspecified atom stereocenters. The minimum absolute atomic E-state index is 0.0524. The van der Waals surface area contributed by atoms with Gasteiger partial charge in [0.05, 0.1) is 24.9 Å². The van der Waals surface area contributed by atoms with Crippen LogP contribution in [-0.4, -0.2) is 76.3 Å². The minimum atomic E-state index is -5.03. The van der Waals surface area contributed by atoms with Crippen molar-refractivity contribution in [3.05, 3.63) is 131 Å². The number of hydrogen-bond acceptors (Lipinski definition) is 7. The molecule has 54 heavy (non-hydrogen) atoms. The van der Waals surface area contributed by atoms with Crippen molar-refractivity contribution in [2.24, 2.45) is 0 Å². The lowest BCUT2D eigenvalue weighted by molar-refractivity contribution is -0.253. The predicted octanol–water partition coefficient (Wildman–Crippen LogP) is 6.61. The van der Waals surface area contributed by atoms with Crippen molar-refractivity contribution in [3.63, 3.8) is 0 Å². The highest BCUT2D eigenvalue weighted by Gasteiger charge is 2.47. The van der Waals surface area contributed by atoms with Gasteiger partial charge in [-0.05, 0) is 66.3 Å². The quantitative estimate of drug-likeness (QED) is 0.150. The number of likely N-dealkylation sites (tertiary alicyclic amines) is 1. The average Bonchev–Trinajstić information content (AvgIpc) is 3.69. The monoisotopic (exact) mass is 745 g/mol. The Morgan fingerprint density at radius 1 is 0.907 bits per heavy atom. The van der Waals surface area contributed by atoms with E-state index in [0.29, 0.717) is 24.3 Å². The maximum atomic E-state index is 13.0. The third-order valence-electron chi connectivity index (χ3n) is 10.4. The van der Waals surface area contributed by atoms with E-state index in [-0.39, 0.29) is 44.4 Å². The van der Waals surface area contributed by atoms with E-state index in [4.69, 9.17) is 9.47 Å². The van der Waals surface area contributed by atoms with Gasteiger partial charge in [-0.2, -0.15) is 13.2 Å². The standard InChI is InChI=1S/C42H46F3N3O6/c1-27(38(50)32-9-4-3-5-10-32)47(2)25-35-23-37(31-15-13-28(26-49)14-16-31)54-40(53-35)33-19-17-30(18-20-33)34-11-6-8-29(22-34)24-46-39(51)36-12-7-21-48(36)41(52)42(43,44)45/h3-6,8-11,13-20,22,27,35-38,40,49-50H,7,12,21,23-26H2,1-2H3,(H,46,51)/t27-,35-,36-,37+,38-,40+/m0/s1. The molecule has 286 valence electrons. The highest BCUT2D eigenvalue weighted by atomic mass is 19.4. The highest BCUT2D eigenvalue weighted by Crippen LogP contribution is 2.39. The van der Waals surface area contributed by atoms with Gasteiger partial charge in [-0.15, -0.1) is 0 Å². The van der Waals surface area contributed by atoms with Crippen LogP contribution in [0.4, 0.5) is 13.2 Å². The molecular weight excluding hydrogens is 699 g/mol. The van der Waals surface area contributed by atoms with Crippen molar-refractivity contribution in [1.82, 2.24) is 15.1 Å². The van der Waals surface area contributed by atoms with Crippen molar-refractivity contribution in [2.45, 2.75) is 82.2 Å². The number of carbonyl (C=O) groups is 2. The smallest absolute Gasteiger partial charge is 0.392 e. The molecule has 6 atom stereocenters. The molecule has 0 bridgehead atoms. The van der Waals surface area contributed by atoms with Crippen LogP contribution in [0.15, 0.2) is 103 Å². The number of nitrogens with one attached hydrogen (secondary N) is 1. The highest BCUT2D eigenvalue weighted by molar-refractivity contribution is 5.90. The normalized spacial score (nSPS) is 21.5. The Morgan fingerprint density at radius 2 is 1.61 bits per heavy atom. The molecule has 3 N–H and O–H groups in total. The minimum Gasteiger partial charge on any atom is -0.392 e. The first kappa shape index (κ1) is 39.1. The van der Waals surface area contributed by atoms with Gasteiger partial charge in [-0.25, -0.2) is 0 Å². The van der Waals surface area contributed by atoms with Gasteiger partial charge in [-0.3, -0.25) is 14.5 Å². The zero-order valence-electron chi connectivity index (χ0n) is 30.3. The fraction of sp³-hybridized carbons (Fsp3) is 0.381. The maximum absolute atomic E-state index is 13.0. The number of benzene rings is 4.